The first-order valence-electron chi connectivity index (χ1n) is 10.4. The number of aromatic nitrogens is 2. The summed E-state index contributed by atoms with van der Waals surface area (Å²) in [5.41, 5.74) is 5.31. The zero-order valence-electron chi connectivity index (χ0n) is 17.9. The van der Waals surface area contributed by atoms with Crippen LogP contribution in [0.1, 0.15) is 35.8 Å². The van der Waals surface area contributed by atoms with Crippen LogP contribution in [0.2, 0.25) is 0 Å². The van der Waals surface area contributed by atoms with Crippen molar-refractivity contribution in [3.63, 3.8) is 0 Å². The molecule has 2 aromatic heterocycles. The molecule has 4 nitrogen and oxygen atoms in total. The molecule has 2 heterocycles. The molecule has 0 aliphatic carbocycles. The summed E-state index contributed by atoms with van der Waals surface area (Å²) in [4.78, 5) is 23.0. The van der Waals surface area contributed by atoms with Gasteiger partial charge in [0.2, 0.25) is 5.91 Å². The quantitative estimate of drug-likeness (QED) is 0.383. The fourth-order valence-corrected chi connectivity index (χ4v) is 4.53. The first kappa shape index (κ1) is 20.9. The van der Waals surface area contributed by atoms with E-state index in [2.05, 4.69) is 55.3 Å². The normalized spacial score (nSPS) is 11.0. The van der Waals surface area contributed by atoms with E-state index >= 15 is 0 Å². The molecule has 0 aliphatic heterocycles. The lowest BCUT2D eigenvalue weighted by atomic mass is 10.0. The molecule has 0 atom stereocenters. The highest BCUT2D eigenvalue weighted by atomic mass is 32.1. The summed E-state index contributed by atoms with van der Waals surface area (Å²) in [5, 5.41) is 3.84. The molecule has 2 aromatic carbocycles. The predicted molar refractivity (Wildman–Crippen MR) is 128 cm³/mol. The van der Waals surface area contributed by atoms with Gasteiger partial charge in [-0.15, -0.1) is 11.3 Å². The molecular formula is C26H25N3OS. The lowest BCUT2D eigenvalue weighted by Gasteiger charge is -2.06. The lowest BCUT2D eigenvalue weighted by Crippen LogP contribution is -2.15. The summed E-state index contributed by atoms with van der Waals surface area (Å²) in [6, 6.07) is 22.0. The summed E-state index contributed by atoms with van der Waals surface area (Å²) < 4.78 is 0. The van der Waals surface area contributed by atoms with Crippen molar-refractivity contribution < 1.29 is 4.79 Å². The molecule has 0 saturated heterocycles. The standard InChI is InChI=1S/C26H25N3OS/c1-17(2)25-24(20-11-7-8-18(3)14-20)29-26(31-25)21-12-13-27-22(16-21)28-23(30)15-19-9-5-4-6-10-19/h4-14,16-17H,15H2,1-3H3,(H,27,28,30). The molecule has 1 amide bonds. The van der Waals surface area contributed by atoms with Gasteiger partial charge in [0.25, 0.3) is 0 Å². The van der Waals surface area contributed by atoms with Crippen molar-refractivity contribution in [2.24, 2.45) is 0 Å². The van der Waals surface area contributed by atoms with E-state index in [1.54, 1.807) is 17.5 Å². The van der Waals surface area contributed by atoms with Crippen molar-refractivity contribution in [3.05, 3.63) is 88.9 Å². The minimum atomic E-state index is -0.0849. The van der Waals surface area contributed by atoms with Gasteiger partial charge in [-0.2, -0.15) is 0 Å². The van der Waals surface area contributed by atoms with E-state index in [1.807, 2.05) is 42.5 Å². The Morgan fingerprint density at radius 2 is 1.81 bits per heavy atom. The number of hydrogen-bond acceptors (Lipinski definition) is 4. The number of nitrogens with zero attached hydrogens (tertiary/aromatic N) is 2. The molecule has 0 saturated carbocycles. The first-order chi connectivity index (χ1) is 15.0. The maximum absolute atomic E-state index is 12.4. The Labute approximate surface area is 187 Å². The van der Waals surface area contributed by atoms with E-state index < -0.39 is 0 Å². The van der Waals surface area contributed by atoms with Crippen molar-refractivity contribution in [3.8, 4) is 21.8 Å². The van der Waals surface area contributed by atoms with Gasteiger partial charge in [-0.05, 0) is 36.6 Å². The topological polar surface area (TPSA) is 54.9 Å². The zero-order chi connectivity index (χ0) is 21.8. The fourth-order valence-electron chi connectivity index (χ4n) is 3.45. The maximum Gasteiger partial charge on any atom is 0.229 e. The third kappa shape index (κ3) is 5.06. The predicted octanol–water partition coefficient (Wildman–Crippen LogP) is 6.49. The Bertz CT molecular complexity index is 1200. The van der Waals surface area contributed by atoms with Crippen molar-refractivity contribution in [2.45, 2.75) is 33.1 Å². The van der Waals surface area contributed by atoms with Crippen LogP contribution in [0, 0.1) is 6.92 Å². The fraction of sp³-hybridized carbons (Fsp3) is 0.192. The van der Waals surface area contributed by atoms with E-state index in [0.717, 1.165) is 27.4 Å². The van der Waals surface area contributed by atoms with Gasteiger partial charge >= 0.3 is 0 Å². The SMILES string of the molecule is Cc1cccc(-c2nc(-c3ccnc(NC(=O)Cc4ccccc4)c3)sc2C(C)C)c1. The molecule has 4 rings (SSSR count). The van der Waals surface area contributed by atoms with Gasteiger partial charge in [0.15, 0.2) is 0 Å². The number of pyridine rings is 1. The van der Waals surface area contributed by atoms with Gasteiger partial charge in [-0.25, -0.2) is 9.97 Å². The van der Waals surface area contributed by atoms with Gasteiger partial charge < -0.3 is 5.32 Å². The van der Waals surface area contributed by atoms with Crippen LogP contribution < -0.4 is 5.32 Å². The van der Waals surface area contributed by atoms with Crippen molar-refractivity contribution in [1.29, 1.82) is 0 Å². The highest BCUT2D eigenvalue weighted by molar-refractivity contribution is 7.15. The molecule has 0 fully saturated rings. The number of rotatable bonds is 6. The molecule has 0 spiro atoms. The third-order valence-corrected chi connectivity index (χ3v) is 6.36. The molecular weight excluding hydrogens is 402 g/mol. The molecule has 4 aromatic rings. The number of anilines is 1. The van der Waals surface area contributed by atoms with Gasteiger partial charge in [0, 0.05) is 22.2 Å². The molecule has 1 N–H and O–H groups in total. The number of nitrogens with one attached hydrogen (secondary N) is 1. The Morgan fingerprint density at radius 3 is 2.55 bits per heavy atom. The number of amides is 1. The number of thiazole rings is 1. The van der Waals surface area contributed by atoms with E-state index in [0.29, 0.717) is 18.2 Å². The number of carbonyl (C=O) groups excluding carboxylic acids is 1. The number of hydrogen-bond donors (Lipinski definition) is 1. The Kier molecular flexibility index (Phi) is 6.23. The molecule has 0 aliphatic rings. The average molecular weight is 428 g/mol. The maximum atomic E-state index is 12.4. The van der Waals surface area contributed by atoms with E-state index in [4.69, 9.17) is 4.98 Å². The summed E-state index contributed by atoms with van der Waals surface area (Å²) in [5.74, 6) is 0.823. The Hall–Kier alpha value is -3.31. The Morgan fingerprint density at radius 1 is 1.00 bits per heavy atom. The smallest absolute Gasteiger partial charge is 0.229 e. The van der Waals surface area contributed by atoms with Crippen LogP contribution in [0.4, 0.5) is 5.82 Å². The Balaban J connectivity index is 1.60. The van der Waals surface area contributed by atoms with Crippen molar-refractivity contribution in [1.82, 2.24) is 9.97 Å². The molecule has 0 unspecified atom stereocenters. The van der Waals surface area contributed by atoms with Crippen LogP contribution in [0.15, 0.2) is 72.9 Å². The average Bonchev–Trinajstić information content (AvgIpc) is 3.21. The van der Waals surface area contributed by atoms with Crippen LogP contribution in [0.5, 0.6) is 0 Å². The molecule has 0 bridgehead atoms. The second-order valence-electron chi connectivity index (χ2n) is 7.90. The second kappa shape index (κ2) is 9.23. The molecule has 31 heavy (non-hydrogen) atoms. The van der Waals surface area contributed by atoms with E-state index in [9.17, 15) is 4.79 Å². The van der Waals surface area contributed by atoms with Gasteiger partial charge in [-0.3, -0.25) is 4.79 Å². The molecule has 156 valence electrons. The van der Waals surface area contributed by atoms with Crippen LogP contribution >= 0.6 is 11.3 Å². The minimum Gasteiger partial charge on any atom is -0.310 e. The highest BCUT2D eigenvalue weighted by Crippen LogP contribution is 2.38. The summed E-state index contributed by atoms with van der Waals surface area (Å²) in [6.07, 6.45) is 2.04. The minimum absolute atomic E-state index is 0.0849. The van der Waals surface area contributed by atoms with E-state index in [-0.39, 0.29) is 5.91 Å². The van der Waals surface area contributed by atoms with Crippen molar-refractivity contribution in [2.75, 3.05) is 5.32 Å². The number of carbonyl (C=O) groups is 1. The summed E-state index contributed by atoms with van der Waals surface area (Å²) >= 11 is 1.70. The first-order valence-corrected chi connectivity index (χ1v) is 11.2. The van der Waals surface area contributed by atoms with Crippen molar-refractivity contribution >= 4 is 23.1 Å². The lowest BCUT2D eigenvalue weighted by molar-refractivity contribution is -0.115. The summed E-state index contributed by atoms with van der Waals surface area (Å²) in [6.45, 7) is 6.48. The van der Waals surface area contributed by atoms with E-state index in [1.165, 1.54) is 10.4 Å². The number of benzene rings is 2. The molecule has 0 radical (unpaired) electrons. The van der Waals surface area contributed by atoms with Gasteiger partial charge in [-0.1, -0.05) is 67.9 Å². The largest absolute Gasteiger partial charge is 0.310 e. The third-order valence-electron chi connectivity index (χ3n) is 4.95. The summed E-state index contributed by atoms with van der Waals surface area (Å²) in [7, 11) is 0. The second-order valence-corrected chi connectivity index (χ2v) is 8.93. The monoisotopic (exact) mass is 427 g/mol. The molecule has 5 heteroatoms. The van der Waals surface area contributed by atoms with Gasteiger partial charge in [0.1, 0.15) is 10.8 Å². The van der Waals surface area contributed by atoms with Crippen LogP contribution in [0.3, 0.4) is 0 Å². The van der Waals surface area contributed by atoms with Crippen LogP contribution in [-0.2, 0) is 11.2 Å². The van der Waals surface area contributed by atoms with Crippen LogP contribution in [-0.4, -0.2) is 15.9 Å². The zero-order valence-corrected chi connectivity index (χ0v) is 18.7. The number of aryl methyl sites for hydroxylation is 1. The van der Waals surface area contributed by atoms with Crippen LogP contribution in [0.25, 0.3) is 21.8 Å². The van der Waals surface area contributed by atoms with Gasteiger partial charge in [0.05, 0.1) is 12.1 Å². The highest BCUT2D eigenvalue weighted by Gasteiger charge is 2.17.